The first kappa shape index (κ1) is 14.3. The quantitative estimate of drug-likeness (QED) is 0.778. The molecule has 2 aromatic heterocycles. The molecule has 0 saturated carbocycles. The number of hydrogen-bond donors (Lipinski definition) is 1. The van der Waals surface area contributed by atoms with Gasteiger partial charge in [0.15, 0.2) is 0 Å². The number of halogens is 1. The Labute approximate surface area is 125 Å². The molecule has 0 aliphatic rings. The Hall–Kier alpha value is -0.160. The zero-order valence-electron chi connectivity index (χ0n) is 10.9. The normalized spacial score (nSPS) is 12.9. The topological polar surface area (TPSA) is 12.0 Å². The predicted molar refractivity (Wildman–Crippen MR) is 85.9 cm³/mol. The number of rotatable bonds is 5. The lowest BCUT2D eigenvalue weighted by Crippen LogP contribution is -2.22. The monoisotopic (exact) mass is 343 g/mol. The van der Waals surface area contributed by atoms with Crippen molar-refractivity contribution in [2.24, 2.45) is 0 Å². The van der Waals surface area contributed by atoms with Gasteiger partial charge in [-0.2, -0.15) is 11.3 Å². The number of thiophene rings is 2. The number of nitrogens with one attached hydrogen (secondary N) is 1. The summed E-state index contributed by atoms with van der Waals surface area (Å²) in [7, 11) is 0. The minimum atomic E-state index is 0.339. The number of aryl methyl sites for hydroxylation is 2. The van der Waals surface area contributed by atoms with Crippen LogP contribution in [-0.4, -0.2) is 6.54 Å². The third-order valence-electron chi connectivity index (χ3n) is 2.97. The molecule has 4 heteroatoms. The molecule has 0 saturated heterocycles. The summed E-state index contributed by atoms with van der Waals surface area (Å²) in [5.41, 5.74) is 4.13. The highest BCUT2D eigenvalue weighted by Gasteiger charge is 2.19. The molecule has 2 heterocycles. The Morgan fingerprint density at radius 3 is 2.56 bits per heavy atom. The molecule has 0 fully saturated rings. The minimum Gasteiger partial charge on any atom is -0.306 e. The molecular weight excluding hydrogens is 326 g/mol. The van der Waals surface area contributed by atoms with Crippen molar-refractivity contribution >= 4 is 38.6 Å². The standard InChI is InChI=1S/C14H18BrNS2/c1-4-5-16-13(11-8-17-7-10(11)3)12-6-9(2)14(15)18-12/h6-8,13,16H,4-5H2,1-3H3. The van der Waals surface area contributed by atoms with E-state index in [1.54, 1.807) is 11.3 Å². The van der Waals surface area contributed by atoms with Gasteiger partial charge in [0.05, 0.1) is 9.83 Å². The number of hydrogen-bond acceptors (Lipinski definition) is 3. The smallest absolute Gasteiger partial charge is 0.0731 e. The van der Waals surface area contributed by atoms with E-state index >= 15 is 0 Å². The van der Waals surface area contributed by atoms with Crippen molar-refractivity contribution in [3.63, 3.8) is 0 Å². The second-order valence-corrected chi connectivity index (χ2v) is 7.65. The summed E-state index contributed by atoms with van der Waals surface area (Å²) < 4.78 is 1.24. The fourth-order valence-corrected chi connectivity index (χ4v) is 4.49. The summed E-state index contributed by atoms with van der Waals surface area (Å²) in [5.74, 6) is 0. The highest BCUT2D eigenvalue weighted by molar-refractivity contribution is 9.11. The SMILES string of the molecule is CCCNC(c1cc(C)c(Br)s1)c1cscc1C. The van der Waals surface area contributed by atoms with Gasteiger partial charge in [0.1, 0.15) is 0 Å². The molecule has 1 unspecified atom stereocenters. The molecule has 18 heavy (non-hydrogen) atoms. The van der Waals surface area contributed by atoms with Crippen LogP contribution in [0.25, 0.3) is 0 Å². The summed E-state index contributed by atoms with van der Waals surface area (Å²) in [4.78, 5) is 1.40. The van der Waals surface area contributed by atoms with Crippen LogP contribution in [0.5, 0.6) is 0 Å². The lowest BCUT2D eigenvalue weighted by molar-refractivity contribution is 0.605. The first-order valence-electron chi connectivity index (χ1n) is 6.15. The zero-order valence-corrected chi connectivity index (χ0v) is 14.1. The van der Waals surface area contributed by atoms with E-state index in [-0.39, 0.29) is 0 Å². The van der Waals surface area contributed by atoms with Gasteiger partial charge in [0, 0.05) is 4.88 Å². The van der Waals surface area contributed by atoms with Crippen molar-refractivity contribution in [2.75, 3.05) is 6.54 Å². The first-order valence-corrected chi connectivity index (χ1v) is 8.70. The second-order valence-electron chi connectivity index (χ2n) is 4.50. The van der Waals surface area contributed by atoms with Gasteiger partial charge in [-0.25, -0.2) is 0 Å². The van der Waals surface area contributed by atoms with Gasteiger partial charge in [-0.1, -0.05) is 6.92 Å². The molecule has 0 amide bonds. The highest BCUT2D eigenvalue weighted by Crippen LogP contribution is 2.36. The maximum absolute atomic E-state index is 3.67. The van der Waals surface area contributed by atoms with E-state index in [4.69, 9.17) is 0 Å². The lowest BCUT2D eigenvalue weighted by atomic mass is 10.0. The highest BCUT2D eigenvalue weighted by atomic mass is 79.9. The van der Waals surface area contributed by atoms with Gasteiger partial charge in [0.2, 0.25) is 0 Å². The Bertz CT molecular complexity index is 496. The van der Waals surface area contributed by atoms with Gasteiger partial charge >= 0.3 is 0 Å². The Morgan fingerprint density at radius 1 is 1.28 bits per heavy atom. The Kier molecular flexibility index (Phi) is 5.01. The molecule has 0 radical (unpaired) electrons. The van der Waals surface area contributed by atoms with Crippen LogP contribution in [-0.2, 0) is 0 Å². The molecule has 0 aliphatic carbocycles. The Balaban J connectivity index is 2.33. The first-order chi connectivity index (χ1) is 8.63. The third kappa shape index (κ3) is 3.05. The van der Waals surface area contributed by atoms with E-state index in [9.17, 15) is 0 Å². The molecule has 0 bridgehead atoms. The lowest BCUT2D eigenvalue weighted by Gasteiger charge is -2.17. The van der Waals surface area contributed by atoms with E-state index < -0.39 is 0 Å². The van der Waals surface area contributed by atoms with Crippen LogP contribution in [0.4, 0.5) is 0 Å². The summed E-state index contributed by atoms with van der Waals surface area (Å²) in [6.07, 6.45) is 1.16. The summed E-state index contributed by atoms with van der Waals surface area (Å²) in [6, 6.07) is 2.63. The van der Waals surface area contributed by atoms with Gasteiger partial charge in [-0.05, 0) is 76.3 Å². The molecule has 98 valence electrons. The average Bonchev–Trinajstić information content (AvgIpc) is 2.88. The molecule has 2 aromatic rings. The van der Waals surface area contributed by atoms with Crippen molar-refractivity contribution in [1.82, 2.24) is 5.32 Å². The summed E-state index contributed by atoms with van der Waals surface area (Å²) in [6.45, 7) is 7.61. The summed E-state index contributed by atoms with van der Waals surface area (Å²) >= 11 is 7.25. The maximum atomic E-state index is 3.67. The summed E-state index contributed by atoms with van der Waals surface area (Å²) in [5, 5.41) is 8.16. The zero-order chi connectivity index (χ0) is 13.1. The van der Waals surface area contributed by atoms with Crippen LogP contribution in [0.1, 0.15) is 41.0 Å². The van der Waals surface area contributed by atoms with Gasteiger partial charge in [-0.3, -0.25) is 0 Å². The molecule has 1 N–H and O–H groups in total. The van der Waals surface area contributed by atoms with E-state index in [0.717, 1.165) is 13.0 Å². The average molecular weight is 344 g/mol. The van der Waals surface area contributed by atoms with Crippen LogP contribution >= 0.6 is 38.6 Å². The van der Waals surface area contributed by atoms with Crippen molar-refractivity contribution < 1.29 is 0 Å². The molecule has 2 rings (SSSR count). The maximum Gasteiger partial charge on any atom is 0.0731 e. The van der Waals surface area contributed by atoms with E-state index in [2.05, 4.69) is 58.8 Å². The fourth-order valence-electron chi connectivity index (χ4n) is 1.94. The van der Waals surface area contributed by atoms with Crippen molar-refractivity contribution in [3.05, 3.63) is 42.2 Å². The molecule has 1 nitrogen and oxygen atoms in total. The van der Waals surface area contributed by atoms with E-state index in [0.29, 0.717) is 6.04 Å². The molecular formula is C14H18BrNS2. The molecule has 0 aromatic carbocycles. The van der Waals surface area contributed by atoms with Crippen LogP contribution in [0.15, 0.2) is 20.6 Å². The second kappa shape index (κ2) is 6.33. The van der Waals surface area contributed by atoms with Gasteiger partial charge in [-0.15, -0.1) is 11.3 Å². The Morgan fingerprint density at radius 2 is 2.06 bits per heavy atom. The van der Waals surface area contributed by atoms with Crippen molar-refractivity contribution in [2.45, 2.75) is 33.2 Å². The van der Waals surface area contributed by atoms with Crippen molar-refractivity contribution in [1.29, 1.82) is 0 Å². The minimum absolute atomic E-state index is 0.339. The third-order valence-corrected chi connectivity index (χ3v) is 6.05. The predicted octanol–water partition coefficient (Wildman–Crippen LogP) is 5.28. The van der Waals surface area contributed by atoms with Gasteiger partial charge < -0.3 is 5.32 Å². The van der Waals surface area contributed by atoms with Crippen molar-refractivity contribution in [3.8, 4) is 0 Å². The van der Waals surface area contributed by atoms with Gasteiger partial charge in [0.25, 0.3) is 0 Å². The van der Waals surface area contributed by atoms with Crippen LogP contribution in [0, 0.1) is 13.8 Å². The molecule has 1 atom stereocenters. The van der Waals surface area contributed by atoms with E-state index in [1.165, 1.54) is 25.4 Å². The fraction of sp³-hybridized carbons (Fsp3) is 0.429. The van der Waals surface area contributed by atoms with Crippen LogP contribution < -0.4 is 5.32 Å². The molecule has 0 spiro atoms. The van der Waals surface area contributed by atoms with E-state index in [1.807, 2.05) is 11.3 Å². The van der Waals surface area contributed by atoms with Crippen LogP contribution in [0.3, 0.4) is 0 Å². The van der Waals surface area contributed by atoms with Crippen LogP contribution in [0.2, 0.25) is 0 Å². The molecule has 0 aliphatic heterocycles. The largest absolute Gasteiger partial charge is 0.306 e.